The zero-order valence-corrected chi connectivity index (χ0v) is 18.7. The van der Waals surface area contributed by atoms with Gasteiger partial charge in [-0.3, -0.25) is 14.4 Å². The van der Waals surface area contributed by atoms with E-state index in [1.807, 2.05) is 13.8 Å². The van der Waals surface area contributed by atoms with E-state index in [2.05, 4.69) is 20.9 Å². The summed E-state index contributed by atoms with van der Waals surface area (Å²) in [5.41, 5.74) is -0.125. The highest BCUT2D eigenvalue weighted by Crippen LogP contribution is 2.34. The summed E-state index contributed by atoms with van der Waals surface area (Å²) in [6.45, 7) is 3.81. The average molecular weight is 453 g/mol. The van der Waals surface area contributed by atoms with Crippen LogP contribution in [0.25, 0.3) is 0 Å². The van der Waals surface area contributed by atoms with Crippen LogP contribution in [0.4, 0.5) is 0 Å². The van der Waals surface area contributed by atoms with Crippen LogP contribution in [-0.4, -0.2) is 53.4 Å². The Labute approximate surface area is 186 Å². The molecule has 0 aromatic carbocycles. The molecule has 1 aromatic heterocycles. The van der Waals surface area contributed by atoms with Crippen molar-refractivity contribution in [2.75, 3.05) is 7.11 Å². The van der Waals surface area contributed by atoms with Crippen LogP contribution in [0.2, 0.25) is 5.02 Å². The summed E-state index contributed by atoms with van der Waals surface area (Å²) < 4.78 is 4.84. The monoisotopic (exact) mass is 452 g/mol. The molecule has 1 aliphatic heterocycles. The fourth-order valence-electron chi connectivity index (χ4n) is 3.95. The number of esters is 1. The maximum absolute atomic E-state index is 13.0. The lowest BCUT2D eigenvalue weighted by molar-refractivity contribution is -0.146. The number of ether oxygens (including phenoxy) is 1. The number of amides is 3. The molecule has 3 atom stereocenters. The molecule has 9 nitrogen and oxygen atoms in total. The molecule has 1 saturated carbocycles. The quantitative estimate of drug-likeness (QED) is 0.422. The lowest BCUT2D eigenvalue weighted by Crippen LogP contribution is -2.52. The second kappa shape index (κ2) is 9.30. The van der Waals surface area contributed by atoms with Gasteiger partial charge >= 0.3 is 5.97 Å². The summed E-state index contributed by atoms with van der Waals surface area (Å²) in [4.78, 5) is 52.9. The molecule has 3 amide bonds. The largest absolute Gasteiger partial charge is 0.467 e. The van der Waals surface area contributed by atoms with Gasteiger partial charge in [-0.15, -0.1) is 0 Å². The molecule has 4 N–H and O–H groups in total. The Balaban J connectivity index is 1.68. The highest BCUT2D eigenvalue weighted by atomic mass is 35.5. The SMILES string of the molecule is COC(=O)C(C[C@@H]1CC(C)(C)NC1=O)NC(=O)[C@H](CC1CC1)NC(=O)c1cc(Cl)c[nH]1. The molecule has 1 aromatic rings. The van der Waals surface area contributed by atoms with Gasteiger partial charge in [0.25, 0.3) is 5.91 Å². The Kier molecular flexibility index (Phi) is 6.93. The summed E-state index contributed by atoms with van der Waals surface area (Å²) in [5, 5.41) is 8.69. The van der Waals surface area contributed by atoms with Crippen molar-refractivity contribution in [3.05, 3.63) is 23.0 Å². The van der Waals surface area contributed by atoms with Gasteiger partial charge in [0.2, 0.25) is 11.8 Å². The van der Waals surface area contributed by atoms with Crippen molar-refractivity contribution in [2.24, 2.45) is 11.8 Å². The van der Waals surface area contributed by atoms with Gasteiger partial charge in [0.15, 0.2) is 0 Å². The minimum Gasteiger partial charge on any atom is -0.467 e. The lowest BCUT2D eigenvalue weighted by atomic mass is 9.91. The van der Waals surface area contributed by atoms with Gasteiger partial charge in [-0.1, -0.05) is 24.4 Å². The molecule has 1 unspecified atom stereocenters. The highest BCUT2D eigenvalue weighted by molar-refractivity contribution is 6.31. The number of H-pyrrole nitrogens is 1. The van der Waals surface area contributed by atoms with Gasteiger partial charge < -0.3 is 25.7 Å². The predicted molar refractivity (Wildman–Crippen MR) is 113 cm³/mol. The molecule has 2 fully saturated rings. The molecule has 1 aliphatic carbocycles. The Hall–Kier alpha value is -2.55. The summed E-state index contributed by atoms with van der Waals surface area (Å²) >= 11 is 5.86. The van der Waals surface area contributed by atoms with Crippen molar-refractivity contribution in [3.8, 4) is 0 Å². The summed E-state index contributed by atoms with van der Waals surface area (Å²) in [7, 11) is 1.23. The van der Waals surface area contributed by atoms with Crippen molar-refractivity contribution in [3.63, 3.8) is 0 Å². The van der Waals surface area contributed by atoms with Crippen molar-refractivity contribution >= 4 is 35.3 Å². The molecule has 10 heteroatoms. The zero-order chi connectivity index (χ0) is 22.8. The van der Waals surface area contributed by atoms with E-state index in [0.717, 1.165) is 12.8 Å². The first-order valence-corrected chi connectivity index (χ1v) is 10.8. The fraction of sp³-hybridized carbons (Fsp3) is 0.619. The van der Waals surface area contributed by atoms with E-state index < -0.39 is 35.8 Å². The molecule has 2 heterocycles. The van der Waals surface area contributed by atoms with E-state index in [4.69, 9.17) is 16.3 Å². The van der Waals surface area contributed by atoms with Gasteiger partial charge in [0, 0.05) is 17.7 Å². The van der Waals surface area contributed by atoms with Crippen LogP contribution in [-0.2, 0) is 19.1 Å². The predicted octanol–water partition coefficient (Wildman–Crippen LogP) is 1.53. The molecular formula is C21H29ClN4O5. The van der Waals surface area contributed by atoms with E-state index >= 15 is 0 Å². The average Bonchev–Trinajstić information content (AvgIpc) is 3.34. The van der Waals surface area contributed by atoms with E-state index in [9.17, 15) is 19.2 Å². The van der Waals surface area contributed by atoms with Gasteiger partial charge in [0.1, 0.15) is 17.8 Å². The van der Waals surface area contributed by atoms with Crippen LogP contribution < -0.4 is 16.0 Å². The normalized spacial score (nSPS) is 21.7. The molecule has 170 valence electrons. The van der Waals surface area contributed by atoms with E-state index in [-0.39, 0.29) is 23.6 Å². The van der Waals surface area contributed by atoms with Gasteiger partial charge in [-0.25, -0.2) is 4.79 Å². The molecule has 1 saturated heterocycles. The van der Waals surface area contributed by atoms with Crippen LogP contribution in [0.5, 0.6) is 0 Å². The third-order valence-electron chi connectivity index (χ3n) is 5.69. The van der Waals surface area contributed by atoms with Gasteiger partial charge in [0.05, 0.1) is 12.1 Å². The van der Waals surface area contributed by atoms with E-state index in [1.165, 1.54) is 19.4 Å². The zero-order valence-electron chi connectivity index (χ0n) is 17.9. The van der Waals surface area contributed by atoms with Crippen molar-refractivity contribution in [2.45, 2.75) is 63.6 Å². The van der Waals surface area contributed by atoms with Crippen LogP contribution in [0.1, 0.15) is 56.4 Å². The lowest BCUT2D eigenvalue weighted by Gasteiger charge is -2.23. The third-order valence-corrected chi connectivity index (χ3v) is 5.91. The second-order valence-corrected chi connectivity index (χ2v) is 9.47. The number of hydrogen-bond donors (Lipinski definition) is 4. The van der Waals surface area contributed by atoms with Crippen molar-refractivity contribution in [1.82, 2.24) is 20.9 Å². The number of methoxy groups -OCH3 is 1. The molecule has 0 radical (unpaired) electrons. The number of aromatic nitrogens is 1. The maximum Gasteiger partial charge on any atom is 0.328 e. The topological polar surface area (TPSA) is 129 Å². The standard InChI is InChI=1S/C21H29ClN4O5/c1-21(2)9-12(17(27)26-21)7-16(20(30)31-3)25-19(29)15(6-11-4-5-11)24-18(28)14-8-13(22)10-23-14/h8,10-12,15-16,23H,4-7,9H2,1-3H3,(H,24,28)(H,25,29)(H,26,27)/t12-,15+,16?/m1/s1. The maximum atomic E-state index is 13.0. The number of carbonyl (C=O) groups is 4. The van der Waals surface area contributed by atoms with Crippen LogP contribution in [0.15, 0.2) is 12.3 Å². The second-order valence-electron chi connectivity index (χ2n) is 9.03. The molecule has 2 aliphatic rings. The van der Waals surface area contributed by atoms with E-state index in [0.29, 0.717) is 23.8 Å². The molecule has 0 bridgehead atoms. The Bertz CT molecular complexity index is 864. The van der Waals surface area contributed by atoms with Crippen LogP contribution >= 0.6 is 11.6 Å². The van der Waals surface area contributed by atoms with Crippen molar-refractivity contribution < 1.29 is 23.9 Å². The van der Waals surface area contributed by atoms with Crippen LogP contribution in [0.3, 0.4) is 0 Å². The van der Waals surface area contributed by atoms with E-state index in [1.54, 1.807) is 0 Å². The van der Waals surface area contributed by atoms with Crippen molar-refractivity contribution in [1.29, 1.82) is 0 Å². The number of hydrogen-bond acceptors (Lipinski definition) is 5. The summed E-state index contributed by atoms with van der Waals surface area (Å²) in [6, 6.07) is -0.329. The van der Waals surface area contributed by atoms with Gasteiger partial charge in [-0.2, -0.15) is 0 Å². The Morgan fingerprint density at radius 1 is 1.23 bits per heavy atom. The third kappa shape index (κ3) is 6.22. The molecular weight excluding hydrogens is 424 g/mol. The number of carbonyl (C=O) groups excluding carboxylic acids is 4. The first-order chi connectivity index (χ1) is 14.6. The highest BCUT2D eigenvalue weighted by Gasteiger charge is 2.41. The number of rotatable bonds is 9. The van der Waals surface area contributed by atoms with Crippen LogP contribution in [0, 0.1) is 11.8 Å². The molecule has 3 rings (SSSR count). The Morgan fingerprint density at radius 2 is 1.94 bits per heavy atom. The molecule has 31 heavy (non-hydrogen) atoms. The minimum absolute atomic E-state index is 0.129. The minimum atomic E-state index is -0.985. The smallest absolute Gasteiger partial charge is 0.328 e. The summed E-state index contributed by atoms with van der Waals surface area (Å²) in [6.07, 6.45) is 4.61. The molecule has 0 spiro atoms. The number of halogens is 1. The fourth-order valence-corrected chi connectivity index (χ4v) is 4.12. The first-order valence-electron chi connectivity index (χ1n) is 10.4. The number of nitrogens with one attached hydrogen (secondary N) is 4. The summed E-state index contributed by atoms with van der Waals surface area (Å²) in [5.74, 6) is -1.79. The first kappa shape index (κ1) is 23.1. The number of aromatic amines is 1. The van der Waals surface area contributed by atoms with Gasteiger partial charge in [-0.05, 0) is 45.1 Å². The Morgan fingerprint density at radius 3 is 2.45 bits per heavy atom.